The third-order valence-electron chi connectivity index (χ3n) is 2.08. The fourth-order valence-electron chi connectivity index (χ4n) is 1.49. The molecule has 0 unspecified atom stereocenters. The predicted octanol–water partition coefficient (Wildman–Crippen LogP) is 2.27. The second-order valence-electron chi connectivity index (χ2n) is 4.05. The lowest BCUT2D eigenvalue weighted by Crippen LogP contribution is -2.38. The molecule has 0 aromatic heterocycles. The summed E-state index contributed by atoms with van der Waals surface area (Å²) in [5, 5.41) is 0. The van der Waals surface area contributed by atoms with E-state index in [1.54, 1.807) is 0 Å². The van der Waals surface area contributed by atoms with Gasteiger partial charge in [-0.2, -0.15) is 0 Å². The summed E-state index contributed by atoms with van der Waals surface area (Å²) in [6.07, 6.45) is 1.98. The van der Waals surface area contributed by atoms with Crippen LogP contribution in [0.3, 0.4) is 0 Å². The van der Waals surface area contributed by atoms with Crippen molar-refractivity contribution >= 4 is 0 Å². The molecule has 14 heavy (non-hydrogen) atoms. The number of hydrogen-bond donors (Lipinski definition) is 0. The van der Waals surface area contributed by atoms with Crippen LogP contribution in [-0.2, 0) is 6.54 Å². The Balaban J connectivity index is 0.00000169. The minimum atomic E-state index is 0. The Hall–Kier alpha value is -1.12. The van der Waals surface area contributed by atoms with Crippen LogP contribution >= 0.6 is 0 Å². The predicted molar refractivity (Wildman–Crippen MR) is 59.3 cm³/mol. The summed E-state index contributed by atoms with van der Waals surface area (Å²) in [4.78, 5) is 0. The van der Waals surface area contributed by atoms with Gasteiger partial charge in [-0.1, -0.05) is 36.9 Å². The molecule has 0 aliphatic rings. The summed E-state index contributed by atoms with van der Waals surface area (Å²) in [7, 11) is 4.43. The molecule has 0 saturated carbocycles. The highest BCUT2D eigenvalue weighted by Gasteiger charge is 2.12. The van der Waals surface area contributed by atoms with Crippen LogP contribution in [0.25, 0.3) is 0 Å². The Morgan fingerprint density at radius 1 is 1.21 bits per heavy atom. The molecule has 0 amide bonds. The molecular formula is C12H19NO. The summed E-state index contributed by atoms with van der Waals surface area (Å²) < 4.78 is 0.966. The molecule has 0 aliphatic heterocycles. The van der Waals surface area contributed by atoms with E-state index in [2.05, 4.69) is 51.0 Å². The van der Waals surface area contributed by atoms with Crippen molar-refractivity contribution in [3.8, 4) is 0 Å². The third kappa shape index (κ3) is 4.21. The van der Waals surface area contributed by atoms with Gasteiger partial charge in [-0.3, -0.25) is 0 Å². The Bertz CT molecular complexity index is 267. The van der Waals surface area contributed by atoms with E-state index < -0.39 is 0 Å². The smallest absolute Gasteiger partial charge is 0.104 e. The van der Waals surface area contributed by atoms with E-state index in [9.17, 15) is 0 Å². The molecule has 1 aromatic rings. The minimum absolute atomic E-state index is 0. The van der Waals surface area contributed by atoms with E-state index in [1.807, 2.05) is 6.08 Å². The van der Waals surface area contributed by atoms with Crippen molar-refractivity contribution in [2.45, 2.75) is 6.54 Å². The van der Waals surface area contributed by atoms with Gasteiger partial charge in [0.05, 0.1) is 20.6 Å². The molecule has 0 saturated heterocycles. The van der Waals surface area contributed by atoms with Gasteiger partial charge in [-0.25, -0.2) is 0 Å². The van der Waals surface area contributed by atoms with Crippen LogP contribution < -0.4 is 0 Å². The third-order valence-corrected chi connectivity index (χ3v) is 2.08. The van der Waals surface area contributed by atoms with Crippen molar-refractivity contribution in [2.24, 2.45) is 0 Å². The van der Waals surface area contributed by atoms with Crippen LogP contribution in [0.5, 0.6) is 0 Å². The molecule has 0 radical (unpaired) electrons. The molecule has 0 bridgehead atoms. The highest BCUT2D eigenvalue weighted by Crippen LogP contribution is 2.08. The highest BCUT2D eigenvalue weighted by atomic mass is 16.0. The topological polar surface area (TPSA) is 30.0 Å². The summed E-state index contributed by atoms with van der Waals surface area (Å²) >= 11 is 0. The first-order chi connectivity index (χ1) is 6.14. The molecular weight excluding hydrogens is 174 g/mol. The molecule has 0 atom stereocenters. The zero-order valence-electron chi connectivity index (χ0n) is 8.98. The molecule has 2 nitrogen and oxygen atoms in total. The van der Waals surface area contributed by atoms with Crippen LogP contribution in [0.2, 0.25) is 0 Å². The van der Waals surface area contributed by atoms with E-state index in [-0.39, 0.29) is 5.48 Å². The van der Waals surface area contributed by atoms with E-state index in [1.165, 1.54) is 5.56 Å². The Labute approximate surface area is 86.4 Å². The number of likely N-dealkylation sites (N-methyl/N-ethyl adjacent to an activating group) is 1. The summed E-state index contributed by atoms with van der Waals surface area (Å²) in [6, 6.07) is 10.6. The normalized spacial score (nSPS) is 10.4. The summed E-state index contributed by atoms with van der Waals surface area (Å²) in [6.45, 7) is 5.84. The van der Waals surface area contributed by atoms with E-state index in [0.717, 1.165) is 17.6 Å². The minimum Gasteiger partial charge on any atom is -0.870 e. The Morgan fingerprint density at radius 2 is 1.79 bits per heavy atom. The maximum Gasteiger partial charge on any atom is 0.104 e. The van der Waals surface area contributed by atoms with Crippen molar-refractivity contribution in [3.05, 3.63) is 48.6 Å². The van der Waals surface area contributed by atoms with Gasteiger partial charge in [-0.05, 0) is 6.08 Å². The molecule has 0 spiro atoms. The number of hydrogen-bond acceptors (Lipinski definition) is 1. The first kappa shape index (κ1) is 12.9. The SMILES string of the molecule is C=CC[N+](C)(C)Cc1ccccc1.[OH-]. The Morgan fingerprint density at radius 3 is 2.29 bits per heavy atom. The molecule has 0 heterocycles. The first-order valence-electron chi connectivity index (χ1n) is 4.61. The molecule has 1 rings (SSSR count). The van der Waals surface area contributed by atoms with Gasteiger partial charge in [0.15, 0.2) is 0 Å². The highest BCUT2D eigenvalue weighted by molar-refractivity contribution is 5.13. The van der Waals surface area contributed by atoms with Gasteiger partial charge in [0.25, 0.3) is 0 Å². The molecule has 1 N–H and O–H groups in total. The molecule has 78 valence electrons. The number of nitrogens with zero attached hydrogens (tertiary/aromatic N) is 1. The lowest BCUT2D eigenvalue weighted by Gasteiger charge is -2.28. The van der Waals surface area contributed by atoms with Crippen LogP contribution in [0.15, 0.2) is 43.0 Å². The van der Waals surface area contributed by atoms with Crippen LogP contribution in [0, 0.1) is 0 Å². The zero-order chi connectivity index (χ0) is 9.73. The van der Waals surface area contributed by atoms with Gasteiger partial charge in [0, 0.05) is 5.56 Å². The van der Waals surface area contributed by atoms with Crippen molar-refractivity contribution in [1.29, 1.82) is 0 Å². The maximum absolute atomic E-state index is 3.77. The molecule has 0 fully saturated rings. The van der Waals surface area contributed by atoms with Gasteiger partial charge in [0.1, 0.15) is 6.54 Å². The van der Waals surface area contributed by atoms with Crippen LogP contribution in [0.4, 0.5) is 0 Å². The lowest BCUT2D eigenvalue weighted by atomic mass is 10.2. The average Bonchev–Trinajstić information content (AvgIpc) is 2.04. The standard InChI is InChI=1S/C12H18N.H2O/c1-4-10-13(2,3)11-12-8-6-5-7-9-12;/h4-9H,1,10-11H2,2-3H3;1H2/q+1;/p-1. The van der Waals surface area contributed by atoms with Crippen LogP contribution in [-0.4, -0.2) is 30.6 Å². The summed E-state index contributed by atoms with van der Waals surface area (Å²) in [5.74, 6) is 0. The zero-order valence-corrected chi connectivity index (χ0v) is 8.98. The molecule has 1 aromatic carbocycles. The van der Waals surface area contributed by atoms with Gasteiger partial charge < -0.3 is 9.96 Å². The monoisotopic (exact) mass is 193 g/mol. The van der Waals surface area contributed by atoms with Gasteiger partial charge in [-0.15, -0.1) is 0 Å². The quantitative estimate of drug-likeness (QED) is 0.533. The Kier molecular flexibility index (Phi) is 5.13. The van der Waals surface area contributed by atoms with Gasteiger partial charge in [0.2, 0.25) is 0 Å². The van der Waals surface area contributed by atoms with Crippen molar-refractivity contribution in [1.82, 2.24) is 0 Å². The fraction of sp³-hybridized carbons (Fsp3) is 0.333. The first-order valence-corrected chi connectivity index (χ1v) is 4.61. The molecule has 2 heteroatoms. The number of benzene rings is 1. The largest absolute Gasteiger partial charge is 0.870 e. The lowest BCUT2D eigenvalue weighted by molar-refractivity contribution is -0.897. The van der Waals surface area contributed by atoms with E-state index in [0.29, 0.717) is 0 Å². The summed E-state index contributed by atoms with van der Waals surface area (Å²) in [5.41, 5.74) is 1.38. The van der Waals surface area contributed by atoms with Crippen LogP contribution in [0.1, 0.15) is 5.56 Å². The molecule has 0 aliphatic carbocycles. The average molecular weight is 193 g/mol. The fourth-order valence-corrected chi connectivity index (χ4v) is 1.49. The van der Waals surface area contributed by atoms with Gasteiger partial charge >= 0.3 is 0 Å². The maximum atomic E-state index is 3.77. The number of quaternary nitrogens is 1. The number of rotatable bonds is 4. The van der Waals surface area contributed by atoms with Crippen molar-refractivity contribution in [2.75, 3.05) is 20.6 Å². The van der Waals surface area contributed by atoms with Crippen molar-refractivity contribution < 1.29 is 9.96 Å². The van der Waals surface area contributed by atoms with Crippen molar-refractivity contribution in [3.63, 3.8) is 0 Å². The second-order valence-corrected chi connectivity index (χ2v) is 4.05. The van der Waals surface area contributed by atoms with E-state index >= 15 is 0 Å². The van der Waals surface area contributed by atoms with E-state index in [4.69, 9.17) is 0 Å². The second kappa shape index (κ2) is 5.58.